The highest BCUT2D eigenvalue weighted by atomic mass is 35.5. The van der Waals surface area contributed by atoms with Gasteiger partial charge in [-0.25, -0.2) is 9.51 Å². The molecule has 1 aliphatic heterocycles. The zero-order valence-electron chi connectivity index (χ0n) is 14.3. The van der Waals surface area contributed by atoms with Gasteiger partial charge in [-0.1, -0.05) is 17.7 Å². The van der Waals surface area contributed by atoms with Gasteiger partial charge in [0.1, 0.15) is 17.2 Å². The molecule has 0 bridgehead atoms. The number of likely N-dealkylation sites (N-methyl/N-ethyl adjacent to an activating group) is 1. The number of nitrogens with zero attached hydrogens (tertiary/aromatic N) is 5. The predicted octanol–water partition coefficient (Wildman–Crippen LogP) is 2.31. The van der Waals surface area contributed by atoms with Gasteiger partial charge < -0.3 is 14.9 Å². The number of halogens is 1. The Morgan fingerprint density at radius 3 is 2.73 bits per heavy atom. The van der Waals surface area contributed by atoms with Crippen LogP contribution in [0.4, 0.5) is 11.5 Å². The van der Waals surface area contributed by atoms with Gasteiger partial charge in [-0.2, -0.15) is 0 Å². The Labute approximate surface area is 155 Å². The molecule has 2 aromatic heterocycles. The number of pyridine rings is 1. The lowest BCUT2D eigenvalue weighted by Crippen LogP contribution is -2.44. The molecule has 0 aromatic carbocycles. The molecule has 1 N–H and O–H groups in total. The van der Waals surface area contributed by atoms with Crippen molar-refractivity contribution in [3.63, 3.8) is 0 Å². The van der Waals surface area contributed by atoms with Crippen LogP contribution in [-0.4, -0.2) is 64.3 Å². The number of aliphatic imine (C=N–C) groups is 1. The van der Waals surface area contributed by atoms with E-state index < -0.39 is 5.78 Å². The van der Waals surface area contributed by atoms with Crippen molar-refractivity contribution in [2.24, 2.45) is 4.99 Å². The number of hydrogen-bond donors (Lipinski definition) is 1. The molecular formula is C18H18ClN5O2. The minimum Gasteiger partial charge on any atom is -0.506 e. The fraction of sp³-hybridized carbons (Fsp3) is 0.278. The summed E-state index contributed by atoms with van der Waals surface area (Å²) in [7, 11) is 2.09. The average Bonchev–Trinajstić information content (AvgIpc) is 2.99. The van der Waals surface area contributed by atoms with Crippen molar-refractivity contribution in [3.05, 3.63) is 47.3 Å². The maximum absolute atomic E-state index is 11.6. The molecule has 1 fully saturated rings. The summed E-state index contributed by atoms with van der Waals surface area (Å²) in [5.41, 5.74) is 1.73. The summed E-state index contributed by atoms with van der Waals surface area (Å²) >= 11 is 5.93. The third-order valence-electron chi connectivity index (χ3n) is 4.56. The number of piperazine rings is 1. The average molecular weight is 372 g/mol. The molecule has 8 heteroatoms. The van der Waals surface area contributed by atoms with E-state index in [4.69, 9.17) is 11.6 Å². The highest BCUT2D eigenvalue weighted by Gasteiger charge is 2.24. The summed E-state index contributed by atoms with van der Waals surface area (Å²) in [5.74, 6) is 0.132. The van der Waals surface area contributed by atoms with Crippen LogP contribution < -0.4 is 4.90 Å². The number of carbonyl (C=O) groups excluding carboxylic acids is 1. The lowest BCUT2D eigenvalue weighted by Gasteiger charge is -2.32. The number of aliphatic hydroxyl groups is 1. The fourth-order valence-corrected chi connectivity index (χ4v) is 3.21. The Morgan fingerprint density at radius 2 is 1.96 bits per heavy atom. The van der Waals surface area contributed by atoms with Crippen LogP contribution in [0.3, 0.4) is 0 Å². The number of anilines is 1. The highest BCUT2D eigenvalue weighted by molar-refractivity contribution is 6.47. The zero-order valence-corrected chi connectivity index (χ0v) is 15.0. The van der Waals surface area contributed by atoms with Crippen LogP contribution in [0.5, 0.6) is 0 Å². The minimum absolute atomic E-state index is 0.0270. The molecule has 0 saturated carbocycles. The Balaban J connectivity index is 1.83. The number of ketones is 1. The monoisotopic (exact) mass is 371 g/mol. The topological polar surface area (TPSA) is 73.4 Å². The SMILES string of the molecule is CN1CCN(c2nn3ccccc3c2/N=C2\C=C(Cl)C(=O)C=C2O)CC1. The Bertz CT molecular complexity index is 967. The molecule has 4 rings (SSSR count). The van der Waals surface area contributed by atoms with Gasteiger partial charge in [0.15, 0.2) is 5.82 Å². The molecule has 2 aromatic rings. The Kier molecular flexibility index (Phi) is 4.26. The number of aromatic nitrogens is 2. The molecule has 26 heavy (non-hydrogen) atoms. The van der Waals surface area contributed by atoms with Crippen LogP contribution in [0.15, 0.2) is 52.3 Å². The summed E-state index contributed by atoms with van der Waals surface area (Å²) in [6, 6.07) is 5.74. The molecule has 2 aliphatic rings. The summed E-state index contributed by atoms with van der Waals surface area (Å²) < 4.78 is 1.77. The lowest BCUT2D eigenvalue weighted by atomic mass is 10.1. The molecule has 0 atom stereocenters. The number of aliphatic hydroxyl groups excluding tert-OH is 1. The summed E-state index contributed by atoms with van der Waals surface area (Å²) in [4.78, 5) is 20.7. The molecule has 0 unspecified atom stereocenters. The smallest absolute Gasteiger partial charge is 0.201 e. The first kappa shape index (κ1) is 16.8. The van der Waals surface area contributed by atoms with Gasteiger partial charge in [-0.15, -0.1) is 5.10 Å². The van der Waals surface area contributed by atoms with Gasteiger partial charge in [0, 0.05) is 38.5 Å². The van der Waals surface area contributed by atoms with E-state index in [0.29, 0.717) is 5.69 Å². The second kappa shape index (κ2) is 6.59. The third-order valence-corrected chi connectivity index (χ3v) is 4.86. The number of fused-ring (bicyclic) bond motifs is 1. The van der Waals surface area contributed by atoms with E-state index in [1.165, 1.54) is 6.08 Å². The molecular weight excluding hydrogens is 354 g/mol. The zero-order chi connectivity index (χ0) is 18.3. The number of hydrogen-bond acceptors (Lipinski definition) is 6. The van der Waals surface area contributed by atoms with Gasteiger partial charge in [-0.05, 0) is 25.3 Å². The standard InChI is InChI=1S/C18H18ClN5O2/c1-22-6-8-23(9-7-22)18-17(14-4-2-3-5-24(14)21-18)20-13-10-12(19)15(25)11-16(13)26/h2-5,10-11,26H,6-9H2,1H3/b20-13+. The van der Waals surface area contributed by atoms with Crippen molar-refractivity contribution in [2.75, 3.05) is 38.1 Å². The second-order valence-electron chi connectivity index (χ2n) is 6.38. The number of carbonyl (C=O) groups is 1. The molecule has 0 radical (unpaired) electrons. The van der Waals surface area contributed by atoms with Gasteiger partial charge in [-0.3, -0.25) is 4.79 Å². The van der Waals surface area contributed by atoms with E-state index in [1.807, 2.05) is 24.4 Å². The van der Waals surface area contributed by atoms with Crippen molar-refractivity contribution < 1.29 is 9.90 Å². The fourth-order valence-electron chi connectivity index (χ4n) is 3.05. The lowest BCUT2D eigenvalue weighted by molar-refractivity contribution is -0.110. The molecule has 1 saturated heterocycles. The molecule has 1 aliphatic carbocycles. The first-order valence-corrected chi connectivity index (χ1v) is 8.73. The van der Waals surface area contributed by atoms with Crippen LogP contribution in [0, 0.1) is 0 Å². The van der Waals surface area contributed by atoms with E-state index in [0.717, 1.165) is 43.6 Å². The van der Waals surface area contributed by atoms with E-state index in [1.54, 1.807) is 4.52 Å². The van der Waals surface area contributed by atoms with Crippen LogP contribution in [0.2, 0.25) is 0 Å². The normalized spacial score (nSPS) is 20.6. The highest BCUT2D eigenvalue weighted by Crippen LogP contribution is 2.34. The molecule has 3 heterocycles. The van der Waals surface area contributed by atoms with Gasteiger partial charge >= 0.3 is 0 Å². The minimum atomic E-state index is -0.428. The van der Waals surface area contributed by atoms with Crippen molar-refractivity contribution in [1.82, 2.24) is 14.5 Å². The van der Waals surface area contributed by atoms with Crippen molar-refractivity contribution >= 4 is 40.1 Å². The van der Waals surface area contributed by atoms with Crippen molar-refractivity contribution in [2.45, 2.75) is 0 Å². The largest absolute Gasteiger partial charge is 0.506 e. The maximum Gasteiger partial charge on any atom is 0.201 e. The Hall–Kier alpha value is -2.64. The van der Waals surface area contributed by atoms with Crippen LogP contribution >= 0.6 is 11.6 Å². The second-order valence-corrected chi connectivity index (χ2v) is 6.78. The van der Waals surface area contributed by atoms with E-state index in [2.05, 4.69) is 26.9 Å². The predicted molar refractivity (Wildman–Crippen MR) is 102 cm³/mol. The van der Waals surface area contributed by atoms with E-state index in [9.17, 15) is 9.90 Å². The van der Waals surface area contributed by atoms with E-state index in [-0.39, 0.29) is 16.5 Å². The number of allylic oxidation sites excluding steroid dienone is 3. The quantitative estimate of drug-likeness (QED) is 0.820. The maximum atomic E-state index is 11.6. The van der Waals surface area contributed by atoms with Crippen LogP contribution in [-0.2, 0) is 4.79 Å². The summed E-state index contributed by atoms with van der Waals surface area (Å²) in [6.45, 7) is 3.56. The summed E-state index contributed by atoms with van der Waals surface area (Å²) in [5, 5.41) is 14.8. The molecule has 0 amide bonds. The van der Waals surface area contributed by atoms with Gasteiger partial charge in [0.25, 0.3) is 0 Å². The molecule has 7 nitrogen and oxygen atoms in total. The van der Waals surface area contributed by atoms with Crippen molar-refractivity contribution in [1.29, 1.82) is 0 Å². The number of rotatable bonds is 2. The van der Waals surface area contributed by atoms with Gasteiger partial charge in [0.2, 0.25) is 5.78 Å². The molecule has 0 spiro atoms. The first-order chi connectivity index (χ1) is 12.5. The molecule has 134 valence electrons. The summed E-state index contributed by atoms with van der Waals surface area (Å²) in [6.07, 6.45) is 4.34. The van der Waals surface area contributed by atoms with Gasteiger partial charge in [0.05, 0.1) is 10.5 Å². The third kappa shape index (κ3) is 3.00. The van der Waals surface area contributed by atoms with Crippen molar-refractivity contribution in [3.8, 4) is 0 Å². The van der Waals surface area contributed by atoms with Crippen LogP contribution in [0.25, 0.3) is 5.52 Å². The van der Waals surface area contributed by atoms with Crippen LogP contribution in [0.1, 0.15) is 0 Å². The van der Waals surface area contributed by atoms with E-state index >= 15 is 0 Å². The first-order valence-electron chi connectivity index (χ1n) is 8.35. The Morgan fingerprint density at radius 1 is 1.19 bits per heavy atom.